The highest BCUT2D eigenvalue weighted by molar-refractivity contribution is 9.10. The van der Waals surface area contributed by atoms with Crippen LogP contribution >= 0.6 is 27.5 Å². The van der Waals surface area contributed by atoms with Crippen LogP contribution in [0.15, 0.2) is 46.9 Å². The van der Waals surface area contributed by atoms with Crippen molar-refractivity contribution in [3.63, 3.8) is 0 Å². The van der Waals surface area contributed by atoms with Gasteiger partial charge in [-0.25, -0.2) is 0 Å². The zero-order valence-corrected chi connectivity index (χ0v) is 16.9. The molecule has 0 aliphatic heterocycles. The fourth-order valence-electron chi connectivity index (χ4n) is 2.12. The number of ether oxygens (including phenoxy) is 1. The normalized spacial score (nSPS) is 11.5. The molecule has 0 saturated heterocycles. The van der Waals surface area contributed by atoms with Crippen LogP contribution in [0.4, 0.5) is 5.69 Å². The Morgan fingerprint density at radius 2 is 1.96 bits per heavy atom. The summed E-state index contributed by atoms with van der Waals surface area (Å²) in [5.41, 5.74) is 0.853. The average molecular weight is 440 g/mol. The van der Waals surface area contributed by atoms with Gasteiger partial charge in [0.2, 0.25) is 0 Å². The van der Waals surface area contributed by atoms with Gasteiger partial charge in [-0.05, 0) is 59.6 Å². The molecule has 26 heavy (non-hydrogen) atoms. The van der Waals surface area contributed by atoms with Crippen LogP contribution in [0.3, 0.4) is 0 Å². The number of nitrogens with one attached hydrogen (secondary N) is 2. The van der Waals surface area contributed by atoms with E-state index in [-0.39, 0.29) is 24.5 Å². The van der Waals surface area contributed by atoms with Gasteiger partial charge in [-0.2, -0.15) is 0 Å². The predicted octanol–water partition coefficient (Wildman–Crippen LogP) is 4.65. The molecule has 0 bridgehead atoms. The third-order valence-electron chi connectivity index (χ3n) is 3.69. The third-order valence-corrected chi connectivity index (χ3v) is 4.54. The summed E-state index contributed by atoms with van der Waals surface area (Å²) in [6.45, 7) is 3.73. The Kier molecular flexibility index (Phi) is 7.48. The van der Waals surface area contributed by atoms with Crippen LogP contribution in [-0.2, 0) is 4.79 Å². The average Bonchev–Trinajstić information content (AvgIpc) is 2.61. The van der Waals surface area contributed by atoms with Crippen molar-refractivity contribution in [2.45, 2.75) is 26.3 Å². The van der Waals surface area contributed by atoms with Gasteiger partial charge in [0.15, 0.2) is 6.61 Å². The molecule has 0 aromatic heterocycles. The van der Waals surface area contributed by atoms with Gasteiger partial charge in [-0.3, -0.25) is 9.59 Å². The number of anilines is 1. The molecule has 2 amide bonds. The molecule has 2 N–H and O–H groups in total. The number of benzene rings is 2. The first-order valence-corrected chi connectivity index (χ1v) is 9.35. The van der Waals surface area contributed by atoms with Gasteiger partial charge in [-0.15, -0.1) is 0 Å². The van der Waals surface area contributed by atoms with Gasteiger partial charge in [0, 0.05) is 11.1 Å². The van der Waals surface area contributed by atoms with Crippen molar-refractivity contribution in [1.29, 1.82) is 0 Å². The van der Waals surface area contributed by atoms with Crippen LogP contribution in [0.25, 0.3) is 0 Å². The fraction of sp³-hybridized carbons (Fsp3) is 0.263. The number of halogens is 2. The van der Waals surface area contributed by atoms with Crippen LogP contribution in [0, 0.1) is 0 Å². The molecule has 2 rings (SSSR count). The van der Waals surface area contributed by atoms with Crippen molar-refractivity contribution < 1.29 is 14.3 Å². The van der Waals surface area contributed by atoms with E-state index in [0.717, 1.165) is 6.42 Å². The topological polar surface area (TPSA) is 67.4 Å². The standard InChI is InChI=1S/C19H20BrClN2O3/c1-3-12(2)22-19(25)14-6-4-5-7-16(14)23-18(24)11-26-17-9-8-13(21)10-15(17)20/h4-10,12H,3,11H2,1-2H3,(H,22,25)(H,23,24). The van der Waals surface area contributed by atoms with E-state index in [0.29, 0.717) is 26.5 Å². The largest absolute Gasteiger partial charge is 0.483 e. The van der Waals surface area contributed by atoms with Gasteiger partial charge in [-0.1, -0.05) is 30.7 Å². The van der Waals surface area contributed by atoms with E-state index in [2.05, 4.69) is 26.6 Å². The Hall–Kier alpha value is -2.05. The Balaban J connectivity index is 2.01. The van der Waals surface area contributed by atoms with Gasteiger partial charge in [0.1, 0.15) is 5.75 Å². The first-order valence-electron chi connectivity index (χ1n) is 8.18. The number of hydrogen-bond acceptors (Lipinski definition) is 3. The summed E-state index contributed by atoms with van der Waals surface area (Å²) in [5, 5.41) is 6.17. The SMILES string of the molecule is CCC(C)NC(=O)c1ccccc1NC(=O)COc1ccc(Cl)cc1Br. The number of para-hydroxylation sites is 1. The molecular formula is C19H20BrClN2O3. The number of amides is 2. The second-order valence-corrected chi connectivity index (χ2v) is 7.03. The van der Waals surface area contributed by atoms with E-state index in [1.165, 1.54) is 0 Å². The van der Waals surface area contributed by atoms with E-state index < -0.39 is 0 Å². The first-order chi connectivity index (χ1) is 12.4. The lowest BCUT2D eigenvalue weighted by molar-refractivity contribution is -0.118. The quantitative estimate of drug-likeness (QED) is 0.660. The number of carbonyl (C=O) groups excluding carboxylic acids is 2. The lowest BCUT2D eigenvalue weighted by Gasteiger charge is -2.15. The highest BCUT2D eigenvalue weighted by Crippen LogP contribution is 2.28. The van der Waals surface area contributed by atoms with E-state index >= 15 is 0 Å². The lowest BCUT2D eigenvalue weighted by atomic mass is 10.1. The molecule has 1 unspecified atom stereocenters. The Labute approximate surface area is 166 Å². The van der Waals surface area contributed by atoms with Crippen LogP contribution in [0.1, 0.15) is 30.6 Å². The van der Waals surface area contributed by atoms with Crippen molar-refractivity contribution in [3.05, 3.63) is 57.5 Å². The Morgan fingerprint density at radius 3 is 2.65 bits per heavy atom. The summed E-state index contributed by atoms with van der Waals surface area (Å²) in [7, 11) is 0. The van der Waals surface area contributed by atoms with Crippen molar-refractivity contribution >= 4 is 45.0 Å². The van der Waals surface area contributed by atoms with Crippen LogP contribution in [0.2, 0.25) is 5.02 Å². The smallest absolute Gasteiger partial charge is 0.262 e. The molecule has 0 aliphatic carbocycles. The molecular weight excluding hydrogens is 420 g/mol. The zero-order chi connectivity index (χ0) is 19.1. The van der Waals surface area contributed by atoms with E-state index in [1.54, 1.807) is 42.5 Å². The van der Waals surface area contributed by atoms with Gasteiger partial charge >= 0.3 is 0 Å². The van der Waals surface area contributed by atoms with Crippen molar-refractivity contribution in [1.82, 2.24) is 5.32 Å². The second kappa shape index (κ2) is 9.59. The first kappa shape index (κ1) is 20.3. The number of rotatable bonds is 7. The molecule has 2 aromatic rings. The summed E-state index contributed by atoms with van der Waals surface area (Å²) < 4.78 is 6.15. The van der Waals surface area contributed by atoms with Crippen molar-refractivity contribution in [2.24, 2.45) is 0 Å². The molecule has 0 aliphatic rings. The highest BCUT2D eigenvalue weighted by Gasteiger charge is 2.15. The molecule has 0 spiro atoms. The lowest BCUT2D eigenvalue weighted by Crippen LogP contribution is -2.33. The Morgan fingerprint density at radius 1 is 1.23 bits per heavy atom. The molecule has 5 nitrogen and oxygen atoms in total. The second-order valence-electron chi connectivity index (χ2n) is 5.74. The maximum absolute atomic E-state index is 12.4. The number of carbonyl (C=O) groups is 2. The molecule has 7 heteroatoms. The van der Waals surface area contributed by atoms with Crippen LogP contribution in [-0.4, -0.2) is 24.5 Å². The monoisotopic (exact) mass is 438 g/mol. The minimum atomic E-state index is -0.365. The minimum absolute atomic E-state index is 0.0526. The fourth-order valence-corrected chi connectivity index (χ4v) is 2.91. The van der Waals surface area contributed by atoms with E-state index in [4.69, 9.17) is 16.3 Å². The molecule has 0 heterocycles. The maximum atomic E-state index is 12.4. The van der Waals surface area contributed by atoms with Gasteiger partial charge in [0.05, 0.1) is 15.7 Å². The van der Waals surface area contributed by atoms with E-state index in [1.807, 2.05) is 13.8 Å². The number of hydrogen-bond donors (Lipinski definition) is 2. The summed E-state index contributed by atoms with van der Waals surface area (Å²) in [5.74, 6) is -0.0837. The summed E-state index contributed by atoms with van der Waals surface area (Å²) in [6, 6.07) is 11.9. The summed E-state index contributed by atoms with van der Waals surface area (Å²) in [6.07, 6.45) is 0.823. The van der Waals surface area contributed by atoms with Crippen molar-refractivity contribution in [2.75, 3.05) is 11.9 Å². The van der Waals surface area contributed by atoms with Gasteiger partial charge < -0.3 is 15.4 Å². The molecule has 138 valence electrons. The molecule has 2 aromatic carbocycles. The Bertz CT molecular complexity index is 798. The zero-order valence-electron chi connectivity index (χ0n) is 14.5. The van der Waals surface area contributed by atoms with Gasteiger partial charge in [0.25, 0.3) is 11.8 Å². The predicted molar refractivity (Wildman–Crippen MR) is 107 cm³/mol. The molecule has 0 fully saturated rings. The third kappa shape index (κ3) is 5.75. The summed E-state index contributed by atoms with van der Waals surface area (Å²) >= 11 is 9.21. The molecule has 1 atom stereocenters. The maximum Gasteiger partial charge on any atom is 0.262 e. The molecule has 0 saturated carbocycles. The minimum Gasteiger partial charge on any atom is -0.483 e. The van der Waals surface area contributed by atoms with Crippen LogP contribution < -0.4 is 15.4 Å². The van der Waals surface area contributed by atoms with Crippen LogP contribution in [0.5, 0.6) is 5.75 Å². The molecule has 0 radical (unpaired) electrons. The summed E-state index contributed by atoms with van der Waals surface area (Å²) in [4.78, 5) is 24.6. The van der Waals surface area contributed by atoms with Crippen molar-refractivity contribution in [3.8, 4) is 5.75 Å². The van der Waals surface area contributed by atoms with E-state index in [9.17, 15) is 9.59 Å². The highest BCUT2D eigenvalue weighted by atomic mass is 79.9.